The number of amides is 1. The van der Waals surface area contributed by atoms with E-state index in [2.05, 4.69) is 15.3 Å². The smallest absolute Gasteiger partial charge is 0.269 e. The molecule has 7 heteroatoms. The van der Waals surface area contributed by atoms with Crippen molar-refractivity contribution in [1.82, 2.24) is 19.9 Å². The molecule has 2 heterocycles. The molecule has 3 rings (SSSR count). The Morgan fingerprint density at radius 1 is 1.33 bits per heavy atom. The minimum atomic E-state index is -0.544. The lowest BCUT2D eigenvalue weighted by Crippen LogP contribution is -2.45. The molecule has 0 radical (unpaired) electrons. The third-order valence-corrected chi connectivity index (χ3v) is 5.12. The first-order valence-corrected chi connectivity index (χ1v) is 8.57. The number of carbonyl (C=O) groups excluding carboxylic acids is 1. The summed E-state index contributed by atoms with van der Waals surface area (Å²) in [5.41, 5.74) is 0.490. The predicted molar refractivity (Wildman–Crippen MR) is 93.9 cm³/mol. The summed E-state index contributed by atoms with van der Waals surface area (Å²) in [4.78, 5) is 33.1. The lowest BCUT2D eigenvalue weighted by molar-refractivity contribution is -0.123. The van der Waals surface area contributed by atoms with Crippen LogP contribution in [0.25, 0.3) is 11.0 Å². The number of hydrogen-bond acceptors (Lipinski definition) is 5. The van der Waals surface area contributed by atoms with Crippen LogP contribution in [0.15, 0.2) is 46.8 Å². The SMILES string of the molecule is CCC(C)(NC(=O)Cn1c(=O)cnc2ccccc21)c1nccs1. The summed E-state index contributed by atoms with van der Waals surface area (Å²) in [7, 11) is 0. The summed E-state index contributed by atoms with van der Waals surface area (Å²) < 4.78 is 1.44. The van der Waals surface area contributed by atoms with Gasteiger partial charge in [-0.15, -0.1) is 11.3 Å². The molecule has 6 nitrogen and oxygen atoms in total. The Morgan fingerprint density at radius 2 is 2.12 bits per heavy atom. The topological polar surface area (TPSA) is 76.9 Å². The number of nitrogens with zero attached hydrogens (tertiary/aromatic N) is 3. The lowest BCUT2D eigenvalue weighted by Gasteiger charge is -2.27. The molecule has 2 aromatic heterocycles. The van der Waals surface area contributed by atoms with Crippen LogP contribution in [0.5, 0.6) is 0 Å². The number of hydrogen-bond donors (Lipinski definition) is 1. The highest BCUT2D eigenvalue weighted by atomic mass is 32.1. The quantitative estimate of drug-likeness (QED) is 0.772. The van der Waals surface area contributed by atoms with Gasteiger partial charge < -0.3 is 5.32 Å². The largest absolute Gasteiger partial charge is 0.343 e. The van der Waals surface area contributed by atoms with E-state index in [4.69, 9.17) is 0 Å². The molecule has 1 amide bonds. The number of benzene rings is 1. The fraction of sp³-hybridized carbons (Fsp3) is 0.294. The van der Waals surface area contributed by atoms with Crippen LogP contribution in [0, 0.1) is 0 Å². The molecule has 0 saturated carbocycles. The predicted octanol–water partition coefficient (Wildman–Crippen LogP) is 2.29. The van der Waals surface area contributed by atoms with Gasteiger partial charge in [0, 0.05) is 11.6 Å². The third kappa shape index (κ3) is 3.07. The van der Waals surface area contributed by atoms with Gasteiger partial charge in [-0.3, -0.25) is 14.2 Å². The van der Waals surface area contributed by atoms with E-state index in [0.717, 1.165) is 5.01 Å². The molecular weight excluding hydrogens is 324 g/mol. The fourth-order valence-corrected chi connectivity index (χ4v) is 3.39. The van der Waals surface area contributed by atoms with Crippen molar-refractivity contribution in [2.45, 2.75) is 32.4 Å². The molecule has 0 aliphatic carbocycles. The first kappa shape index (κ1) is 16.3. The molecule has 1 aromatic carbocycles. The van der Waals surface area contributed by atoms with E-state index in [1.165, 1.54) is 22.1 Å². The van der Waals surface area contributed by atoms with E-state index in [1.54, 1.807) is 12.3 Å². The van der Waals surface area contributed by atoms with Crippen molar-refractivity contribution in [3.63, 3.8) is 0 Å². The number of fused-ring (bicyclic) bond motifs is 1. The first-order chi connectivity index (χ1) is 11.5. The fourth-order valence-electron chi connectivity index (χ4n) is 2.56. The van der Waals surface area contributed by atoms with Gasteiger partial charge in [-0.2, -0.15) is 0 Å². The van der Waals surface area contributed by atoms with E-state index in [9.17, 15) is 9.59 Å². The van der Waals surface area contributed by atoms with Crippen LogP contribution in [0.1, 0.15) is 25.3 Å². The number of aromatic nitrogens is 3. The standard InChI is InChI=1S/C17H18N4O2S/c1-3-17(2,16-18-8-9-24-16)20-14(22)11-21-13-7-5-4-6-12(13)19-10-15(21)23/h4-10H,3,11H2,1-2H3,(H,20,22). The Morgan fingerprint density at radius 3 is 2.83 bits per heavy atom. The Bertz CT molecular complexity index is 920. The molecule has 1 atom stereocenters. The second-order valence-electron chi connectivity index (χ2n) is 5.74. The summed E-state index contributed by atoms with van der Waals surface area (Å²) in [5.74, 6) is -0.229. The van der Waals surface area contributed by atoms with Gasteiger partial charge in [0.2, 0.25) is 5.91 Å². The molecule has 24 heavy (non-hydrogen) atoms. The van der Waals surface area contributed by atoms with Crippen molar-refractivity contribution in [3.8, 4) is 0 Å². The van der Waals surface area contributed by atoms with Gasteiger partial charge >= 0.3 is 0 Å². The minimum absolute atomic E-state index is 0.0527. The zero-order chi connectivity index (χ0) is 17.2. The highest BCUT2D eigenvalue weighted by Crippen LogP contribution is 2.26. The zero-order valence-electron chi connectivity index (χ0n) is 13.5. The molecule has 0 spiro atoms. The number of carbonyl (C=O) groups is 1. The Kier molecular flexibility index (Phi) is 4.44. The van der Waals surface area contributed by atoms with Crippen molar-refractivity contribution in [2.24, 2.45) is 0 Å². The van der Waals surface area contributed by atoms with Crippen LogP contribution in [0.2, 0.25) is 0 Å². The summed E-state index contributed by atoms with van der Waals surface area (Å²) in [6, 6.07) is 7.27. The molecule has 1 N–H and O–H groups in total. The van der Waals surface area contributed by atoms with Crippen molar-refractivity contribution in [2.75, 3.05) is 0 Å². The van der Waals surface area contributed by atoms with Crippen LogP contribution in [-0.4, -0.2) is 20.4 Å². The summed E-state index contributed by atoms with van der Waals surface area (Å²) in [6.07, 6.45) is 3.68. The maximum atomic E-state index is 12.6. The second-order valence-corrected chi connectivity index (χ2v) is 6.64. The van der Waals surface area contributed by atoms with Crippen LogP contribution >= 0.6 is 11.3 Å². The lowest BCUT2D eigenvalue weighted by atomic mass is 10.00. The van der Waals surface area contributed by atoms with Crippen molar-refractivity contribution in [1.29, 1.82) is 0 Å². The normalized spacial score (nSPS) is 13.6. The van der Waals surface area contributed by atoms with E-state index in [0.29, 0.717) is 17.5 Å². The van der Waals surface area contributed by atoms with Crippen molar-refractivity contribution in [3.05, 3.63) is 57.4 Å². The van der Waals surface area contributed by atoms with E-state index >= 15 is 0 Å². The van der Waals surface area contributed by atoms with Gasteiger partial charge in [-0.1, -0.05) is 19.1 Å². The number of nitrogens with one attached hydrogen (secondary N) is 1. The monoisotopic (exact) mass is 342 g/mol. The molecule has 0 fully saturated rings. The zero-order valence-corrected chi connectivity index (χ0v) is 14.3. The molecule has 0 bridgehead atoms. The first-order valence-electron chi connectivity index (χ1n) is 7.69. The molecule has 0 aliphatic heterocycles. The average Bonchev–Trinajstić information content (AvgIpc) is 3.12. The summed E-state index contributed by atoms with van der Waals surface area (Å²) in [6.45, 7) is 3.88. The molecular formula is C17H18N4O2S. The maximum Gasteiger partial charge on any atom is 0.269 e. The highest BCUT2D eigenvalue weighted by molar-refractivity contribution is 7.09. The molecule has 0 saturated heterocycles. The van der Waals surface area contributed by atoms with Gasteiger partial charge in [0.25, 0.3) is 5.56 Å². The van der Waals surface area contributed by atoms with E-state index < -0.39 is 5.54 Å². The summed E-state index contributed by atoms with van der Waals surface area (Å²) in [5, 5.41) is 5.75. The molecule has 124 valence electrons. The Balaban J connectivity index is 1.88. The third-order valence-electron chi connectivity index (χ3n) is 4.08. The molecule has 1 unspecified atom stereocenters. The Labute approximate surface area is 143 Å². The second kappa shape index (κ2) is 6.52. The number of para-hydroxylation sites is 2. The van der Waals surface area contributed by atoms with Crippen molar-refractivity contribution >= 4 is 28.3 Å². The van der Waals surface area contributed by atoms with Gasteiger partial charge in [0.05, 0.1) is 22.8 Å². The van der Waals surface area contributed by atoms with Crippen LogP contribution in [0.3, 0.4) is 0 Å². The van der Waals surface area contributed by atoms with Crippen molar-refractivity contribution < 1.29 is 4.79 Å². The highest BCUT2D eigenvalue weighted by Gasteiger charge is 2.29. The summed E-state index contributed by atoms with van der Waals surface area (Å²) >= 11 is 1.50. The van der Waals surface area contributed by atoms with Gasteiger partial charge in [-0.05, 0) is 25.5 Å². The van der Waals surface area contributed by atoms with E-state index in [-0.39, 0.29) is 18.0 Å². The Hall–Kier alpha value is -2.54. The molecule has 0 aliphatic rings. The average molecular weight is 342 g/mol. The van der Waals surface area contributed by atoms with Gasteiger partial charge in [0.15, 0.2) is 0 Å². The van der Waals surface area contributed by atoms with Crippen LogP contribution in [-0.2, 0) is 16.9 Å². The van der Waals surface area contributed by atoms with Gasteiger partial charge in [-0.25, -0.2) is 9.97 Å². The minimum Gasteiger partial charge on any atom is -0.343 e. The van der Waals surface area contributed by atoms with Crippen LogP contribution < -0.4 is 10.9 Å². The van der Waals surface area contributed by atoms with Crippen LogP contribution in [0.4, 0.5) is 0 Å². The van der Waals surface area contributed by atoms with E-state index in [1.807, 2.05) is 37.4 Å². The maximum absolute atomic E-state index is 12.6. The number of rotatable bonds is 5. The number of thiazole rings is 1. The molecule has 3 aromatic rings. The van der Waals surface area contributed by atoms with Gasteiger partial charge in [0.1, 0.15) is 11.6 Å².